The molecule has 0 spiro atoms. The maximum atomic E-state index is 10.8. The summed E-state index contributed by atoms with van der Waals surface area (Å²) in [6, 6.07) is -0.682. The van der Waals surface area contributed by atoms with Crippen LogP contribution in [0.25, 0.3) is 0 Å². The Morgan fingerprint density at radius 3 is 2.50 bits per heavy atom. The zero-order valence-electron chi connectivity index (χ0n) is 6.13. The highest BCUT2D eigenvalue weighted by Gasteiger charge is 2.17. The Hall–Kier alpha value is -0.280. The van der Waals surface area contributed by atoms with Crippen molar-refractivity contribution in [1.82, 2.24) is 0 Å². The summed E-state index contributed by atoms with van der Waals surface area (Å²) in [4.78, 5) is 10.8. The number of carbonyl (C=O) groups is 1. The summed E-state index contributed by atoms with van der Waals surface area (Å²) in [5.74, 6) is -0.347. The first-order valence-corrected chi connectivity index (χ1v) is 3.61. The molecular formula is C6H12ClNO2. The standard InChI is InChI=1S/C6H12ClNO2/c1-4(2)5(8)6(9)10-3-7/h4-5H,3,8H2,1-2H3. The van der Waals surface area contributed by atoms with Crippen molar-refractivity contribution >= 4 is 17.6 Å². The Labute approximate surface area is 65.5 Å². The Morgan fingerprint density at radius 1 is 1.70 bits per heavy atom. The molecule has 0 aromatic heterocycles. The predicted molar refractivity (Wildman–Crippen MR) is 39.6 cm³/mol. The lowest BCUT2D eigenvalue weighted by Crippen LogP contribution is -2.36. The fourth-order valence-electron chi connectivity index (χ4n) is 0.422. The lowest BCUT2D eigenvalue weighted by Gasteiger charge is -2.12. The van der Waals surface area contributed by atoms with E-state index < -0.39 is 12.0 Å². The van der Waals surface area contributed by atoms with Crippen molar-refractivity contribution in [2.45, 2.75) is 19.9 Å². The van der Waals surface area contributed by atoms with Crippen LogP contribution in [0.3, 0.4) is 0 Å². The lowest BCUT2D eigenvalue weighted by atomic mass is 10.1. The number of esters is 1. The second-order valence-electron chi connectivity index (χ2n) is 2.34. The van der Waals surface area contributed by atoms with Crippen LogP contribution in [0.4, 0.5) is 0 Å². The Morgan fingerprint density at radius 2 is 2.20 bits per heavy atom. The second kappa shape index (κ2) is 4.52. The number of ether oxygens (including phenoxy) is 1. The van der Waals surface area contributed by atoms with Gasteiger partial charge in [-0.2, -0.15) is 0 Å². The smallest absolute Gasteiger partial charge is 0.324 e. The van der Waals surface area contributed by atoms with E-state index in [1.54, 1.807) is 0 Å². The van der Waals surface area contributed by atoms with E-state index in [2.05, 4.69) is 4.74 Å². The highest BCUT2D eigenvalue weighted by atomic mass is 35.5. The summed E-state index contributed by atoms with van der Waals surface area (Å²) in [5, 5.41) is 0. The van der Waals surface area contributed by atoms with Gasteiger partial charge in [0.15, 0.2) is 6.07 Å². The average molecular weight is 166 g/mol. The molecule has 60 valence electrons. The van der Waals surface area contributed by atoms with Gasteiger partial charge in [-0.15, -0.1) is 0 Å². The SMILES string of the molecule is CC(C)C(N)C(=O)OCCl. The van der Waals surface area contributed by atoms with Gasteiger partial charge >= 0.3 is 5.97 Å². The number of alkyl halides is 1. The zero-order valence-corrected chi connectivity index (χ0v) is 6.89. The van der Waals surface area contributed by atoms with Crippen molar-refractivity contribution < 1.29 is 9.53 Å². The zero-order chi connectivity index (χ0) is 8.15. The van der Waals surface area contributed by atoms with E-state index in [-0.39, 0.29) is 12.0 Å². The van der Waals surface area contributed by atoms with Gasteiger partial charge in [0.1, 0.15) is 6.04 Å². The molecule has 1 atom stereocenters. The third kappa shape index (κ3) is 3.03. The van der Waals surface area contributed by atoms with Crippen molar-refractivity contribution in [2.24, 2.45) is 11.7 Å². The van der Waals surface area contributed by atoms with Crippen LogP contribution < -0.4 is 5.73 Å². The molecule has 0 saturated heterocycles. The van der Waals surface area contributed by atoms with Crippen LogP contribution >= 0.6 is 11.6 Å². The van der Waals surface area contributed by atoms with E-state index in [9.17, 15) is 4.79 Å². The number of hydrogen-bond acceptors (Lipinski definition) is 3. The maximum Gasteiger partial charge on any atom is 0.324 e. The van der Waals surface area contributed by atoms with Crippen molar-refractivity contribution in [2.75, 3.05) is 6.07 Å². The van der Waals surface area contributed by atoms with Crippen molar-refractivity contribution in [3.05, 3.63) is 0 Å². The molecular weight excluding hydrogens is 154 g/mol. The van der Waals surface area contributed by atoms with Crippen molar-refractivity contribution in [1.29, 1.82) is 0 Å². The largest absolute Gasteiger partial charge is 0.448 e. The van der Waals surface area contributed by atoms with E-state index >= 15 is 0 Å². The summed E-state index contributed by atoms with van der Waals surface area (Å²) < 4.78 is 4.47. The molecule has 0 bridgehead atoms. The molecule has 0 aliphatic rings. The van der Waals surface area contributed by atoms with Gasteiger partial charge in [0.05, 0.1) is 0 Å². The Balaban J connectivity index is 3.71. The molecule has 0 aliphatic heterocycles. The minimum atomic E-state index is -0.557. The summed E-state index contributed by atoms with van der Waals surface area (Å²) in [7, 11) is 0. The van der Waals surface area contributed by atoms with Gasteiger partial charge in [-0.3, -0.25) is 4.79 Å². The summed E-state index contributed by atoms with van der Waals surface area (Å²) in [6.45, 7) is 3.69. The fraction of sp³-hybridized carbons (Fsp3) is 0.833. The van der Waals surface area contributed by atoms with E-state index in [0.29, 0.717) is 0 Å². The highest BCUT2D eigenvalue weighted by molar-refractivity contribution is 6.17. The minimum absolute atomic E-state index is 0.0933. The molecule has 0 aromatic carbocycles. The van der Waals surface area contributed by atoms with E-state index in [1.165, 1.54) is 0 Å². The topological polar surface area (TPSA) is 52.3 Å². The molecule has 0 aliphatic carbocycles. The molecule has 0 aromatic rings. The normalized spacial score (nSPS) is 13.3. The molecule has 3 nitrogen and oxygen atoms in total. The first kappa shape index (κ1) is 9.72. The summed E-state index contributed by atoms with van der Waals surface area (Å²) >= 11 is 5.15. The van der Waals surface area contributed by atoms with Crippen molar-refractivity contribution in [3.8, 4) is 0 Å². The van der Waals surface area contributed by atoms with Gasteiger partial charge in [0.2, 0.25) is 0 Å². The van der Waals surface area contributed by atoms with Crippen molar-refractivity contribution in [3.63, 3.8) is 0 Å². The minimum Gasteiger partial charge on any atom is -0.448 e. The molecule has 1 unspecified atom stereocenters. The molecule has 4 heteroatoms. The molecule has 0 rings (SSSR count). The van der Waals surface area contributed by atoms with Crippen LogP contribution in [-0.2, 0) is 9.53 Å². The van der Waals surface area contributed by atoms with Crippen LogP contribution in [0.5, 0.6) is 0 Å². The van der Waals surface area contributed by atoms with Gasteiger partial charge in [0.25, 0.3) is 0 Å². The highest BCUT2D eigenvalue weighted by Crippen LogP contribution is 2.00. The third-order valence-electron chi connectivity index (χ3n) is 1.19. The maximum absolute atomic E-state index is 10.8. The van der Waals surface area contributed by atoms with Crippen LogP contribution in [0, 0.1) is 5.92 Å². The predicted octanol–water partition coefficient (Wildman–Crippen LogP) is 0.709. The second-order valence-corrected chi connectivity index (χ2v) is 2.56. The molecule has 10 heavy (non-hydrogen) atoms. The van der Waals surface area contributed by atoms with Crippen LogP contribution in [0.1, 0.15) is 13.8 Å². The van der Waals surface area contributed by atoms with Crippen LogP contribution in [0.15, 0.2) is 0 Å². The third-order valence-corrected chi connectivity index (χ3v) is 1.30. The number of nitrogens with two attached hydrogens (primary N) is 1. The van der Waals surface area contributed by atoms with E-state index in [0.717, 1.165) is 0 Å². The van der Waals surface area contributed by atoms with Crippen LogP contribution in [-0.4, -0.2) is 18.1 Å². The van der Waals surface area contributed by atoms with Gasteiger partial charge in [0, 0.05) is 0 Å². The summed E-state index contributed by atoms with van der Waals surface area (Å²) in [6.07, 6.45) is 0. The molecule has 0 amide bonds. The molecule has 0 fully saturated rings. The molecule has 0 saturated carbocycles. The molecule has 0 radical (unpaired) electrons. The Kier molecular flexibility index (Phi) is 4.40. The number of carbonyl (C=O) groups excluding carboxylic acids is 1. The fourth-order valence-corrected chi connectivity index (χ4v) is 0.530. The quantitative estimate of drug-likeness (QED) is 0.495. The number of hydrogen-bond donors (Lipinski definition) is 1. The number of halogens is 1. The molecule has 2 N–H and O–H groups in total. The number of rotatable bonds is 3. The first-order chi connectivity index (χ1) is 4.59. The van der Waals surface area contributed by atoms with Crippen LogP contribution in [0.2, 0.25) is 0 Å². The lowest BCUT2D eigenvalue weighted by molar-refractivity contribution is -0.144. The molecule has 0 heterocycles. The van der Waals surface area contributed by atoms with Gasteiger partial charge in [-0.05, 0) is 5.92 Å². The van der Waals surface area contributed by atoms with E-state index in [4.69, 9.17) is 17.3 Å². The van der Waals surface area contributed by atoms with Gasteiger partial charge in [-0.25, -0.2) is 0 Å². The van der Waals surface area contributed by atoms with Gasteiger partial charge < -0.3 is 10.5 Å². The van der Waals surface area contributed by atoms with E-state index in [1.807, 2.05) is 13.8 Å². The summed E-state index contributed by atoms with van der Waals surface area (Å²) in [5.41, 5.74) is 5.41. The average Bonchev–Trinajstić information content (AvgIpc) is 1.87. The van der Waals surface area contributed by atoms with Gasteiger partial charge in [-0.1, -0.05) is 25.4 Å². The monoisotopic (exact) mass is 165 g/mol. The Bertz CT molecular complexity index is 116. The first-order valence-electron chi connectivity index (χ1n) is 3.07.